The summed E-state index contributed by atoms with van der Waals surface area (Å²) in [6, 6.07) is 7.20. The van der Waals surface area contributed by atoms with Crippen LogP contribution in [0.25, 0.3) is 10.9 Å². The standard InChI is InChI=1S/C17H19FN6/c18-16-4-3-12(17-15(16)2-1-6-20-17)9-23-7-5-14(11-23)24-10-13(8-19)21-22-24/h1-4,6,10,14H,5,7-9,11,19H2. The number of fused-ring (bicyclic) bond motifs is 1. The molecular weight excluding hydrogens is 307 g/mol. The van der Waals surface area contributed by atoms with Crippen LogP contribution < -0.4 is 5.73 Å². The third-order valence-electron chi connectivity index (χ3n) is 4.58. The Morgan fingerprint density at radius 3 is 3.04 bits per heavy atom. The van der Waals surface area contributed by atoms with Crippen LogP contribution in [0.15, 0.2) is 36.7 Å². The summed E-state index contributed by atoms with van der Waals surface area (Å²) in [5.74, 6) is -0.224. The summed E-state index contributed by atoms with van der Waals surface area (Å²) in [6.07, 6.45) is 4.64. The van der Waals surface area contributed by atoms with Crippen LogP contribution in [-0.4, -0.2) is 38.0 Å². The smallest absolute Gasteiger partial charge is 0.132 e. The number of nitrogens with two attached hydrogens (primary N) is 1. The molecule has 1 saturated heterocycles. The quantitative estimate of drug-likeness (QED) is 0.792. The molecule has 0 radical (unpaired) electrons. The molecule has 6 nitrogen and oxygen atoms in total. The van der Waals surface area contributed by atoms with E-state index in [0.29, 0.717) is 18.0 Å². The zero-order valence-electron chi connectivity index (χ0n) is 13.3. The first kappa shape index (κ1) is 15.2. The number of aromatic nitrogens is 4. The number of hydrogen-bond acceptors (Lipinski definition) is 5. The fourth-order valence-electron chi connectivity index (χ4n) is 3.32. The Labute approximate surface area is 139 Å². The van der Waals surface area contributed by atoms with Gasteiger partial charge in [-0.3, -0.25) is 9.88 Å². The number of rotatable bonds is 4. The van der Waals surface area contributed by atoms with Crippen LogP contribution in [0.5, 0.6) is 0 Å². The van der Waals surface area contributed by atoms with Crippen LogP contribution in [0, 0.1) is 5.82 Å². The Bertz CT molecular complexity index is 861. The summed E-state index contributed by atoms with van der Waals surface area (Å²) in [6.45, 7) is 3.01. The van der Waals surface area contributed by atoms with Crippen molar-refractivity contribution >= 4 is 10.9 Å². The molecule has 1 atom stereocenters. The molecule has 2 aromatic heterocycles. The molecule has 0 bridgehead atoms. The normalized spacial score (nSPS) is 18.5. The molecule has 2 N–H and O–H groups in total. The van der Waals surface area contributed by atoms with Gasteiger partial charge in [0.05, 0.1) is 23.4 Å². The number of hydrogen-bond donors (Lipinski definition) is 1. The zero-order valence-corrected chi connectivity index (χ0v) is 13.3. The van der Waals surface area contributed by atoms with Crippen molar-refractivity contribution in [3.05, 3.63) is 53.7 Å². The number of pyridine rings is 1. The van der Waals surface area contributed by atoms with Crippen LogP contribution in [0.4, 0.5) is 4.39 Å². The van der Waals surface area contributed by atoms with Gasteiger partial charge in [0.25, 0.3) is 0 Å². The summed E-state index contributed by atoms with van der Waals surface area (Å²) in [5.41, 5.74) is 8.19. The second-order valence-electron chi connectivity index (χ2n) is 6.18. The van der Waals surface area contributed by atoms with Gasteiger partial charge in [-0.15, -0.1) is 5.10 Å². The maximum Gasteiger partial charge on any atom is 0.132 e. The predicted octanol–water partition coefficient (Wildman–Crippen LogP) is 1.87. The van der Waals surface area contributed by atoms with Crippen molar-refractivity contribution in [3.8, 4) is 0 Å². The lowest BCUT2D eigenvalue weighted by Crippen LogP contribution is -2.21. The summed E-state index contributed by atoms with van der Waals surface area (Å²) in [5, 5.41) is 8.81. The second kappa shape index (κ2) is 6.26. The highest BCUT2D eigenvalue weighted by molar-refractivity contribution is 5.82. The van der Waals surface area contributed by atoms with Gasteiger partial charge < -0.3 is 5.73 Å². The summed E-state index contributed by atoms with van der Waals surface area (Å²) >= 11 is 0. The van der Waals surface area contributed by atoms with Crippen LogP contribution in [0.1, 0.15) is 23.7 Å². The molecule has 7 heteroatoms. The van der Waals surface area contributed by atoms with Gasteiger partial charge in [-0.25, -0.2) is 9.07 Å². The predicted molar refractivity (Wildman–Crippen MR) is 88.5 cm³/mol. The van der Waals surface area contributed by atoms with Gasteiger partial charge in [0, 0.05) is 37.8 Å². The third-order valence-corrected chi connectivity index (χ3v) is 4.58. The van der Waals surface area contributed by atoms with E-state index in [2.05, 4.69) is 20.2 Å². The van der Waals surface area contributed by atoms with E-state index in [1.54, 1.807) is 18.3 Å². The van der Waals surface area contributed by atoms with E-state index < -0.39 is 0 Å². The van der Waals surface area contributed by atoms with Gasteiger partial charge in [-0.1, -0.05) is 11.3 Å². The lowest BCUT2D eigenvalue weighted by atomic mass is 10.1. The number of nitrogens with zero attached hydrogens (tertiary/aromatic N) is 5. The molecule has 0 saturated carbocycles. The van der Waals surface area contributed by atoms with E-state index in [4.69, 9.17) is 5.73 Å². The van der Waals surface area contributed by atoms with Crippen molar-refractivity contribution in [2.75, 3.05) is 13.1 Å². The summed E-state index contributed by atoms with van der Waals surface area (Å²) in [7, 11) is 0. The van der Waals surface area contributed by atoms with Crippen molar-refractivity contribution in [1.29, 1.82) is 0 Å². The fourth-order valence-corrected chi connectivity index (χ4v) is 3.32. The van der Waals surface area contributed by atoms with Gasteiger partial charge in [0.1, 0.15) is 5.82 Å². The average Bonchev–Trinajstić information content (AvgIpc) is 3.26. The lowest BCUT2D eigenvalue weighted by molar-refractivity contribution is 0.311. The SMILES string of the molecule is NCc1cn(C2CCN(Cc3ccc(F)c4cccnc34)C2)nn1. The van der Waals surface area contributed by atoms with E-state index in [1.165, 1.54) is 6.07 Å². The molecule has 0 aliphatic carbocycles. The molecule has 0 amide bonds. The van der Waals surface area contributed by atoms with Gasteiger partial charge in [-0.05, 0) is 30.2 Å². The van der Waals surface area contributed by atoms with E-state index in [0.717, 1.165) is 42.8 Å². The van der Waals surface area contributed by atoms with Crippen LogP contribution >= 0.6 is 0 Å². The van der Waals surface area contributed by atoms with Crippen LogP contribution in [0.3, 0.4) is 0 Å². The van der Waals surface area contributed by atoms with Crippen molar-refractivity contribution in [2.24, 2.45) is 5.73 Å². The molecule has 0 spiro atoms. The van der Waals surface area contributed by atoms with Crippen LogP contribution in [0.2, 0.25) is 0 Å². The highest BCUT2D eigenvalue weighted by Crippen LogP contribution is 2.25. The van der Waals surface area contributed by atoms with Crippen molar-refractivity contribution in [2.45, 2.75) is 25.6 Å². The highest BCUT2D eigenvalue weighted by atomic mass is 19.1. The van der Waals surface area contributed by atoms with E-state index in [9.17, 15) is 4.39 Å². The van der Waals surface area contributed by atoms with Crippen molar-refractivity contribution in [3.63, 3.8) is 0 Å². The molecule has 1 aliphatic heterocycles. The third kappa shape index (κ3) is 2.76. The Kier molecular flexibility index (Phi) is 3.95. The molecule has 1 aromatic carbocycles. The summed E-state index contributed by atoms with van der Waals surface area (Å²) < 4.78 is 15.8. The number of benzene rings is 1. The van der Waals surface area contributed by atoms with E-state index in [1.807, 2.05) is 16.9 Å². The Hall–Kier alpha value is -2.38. The zero-order chi connectivity index (χ0) is 16.5. The maximum absolute atomic E-state index is 13.9. The largest absolute Gasteiger partial charge is 0.325 e. The molecule has 1 unspecified atom stereocenters. The number of halogens is 1. The Morgan fingerprint density at radius 2 is 2.21 bits per heavy atom. The minimum absolute atomic E-state index is 0.224. The van der Waals surface area contributed by atoms with Gasteiger partial charge >= 0.3 is 0 Å². The Balaban J connectivity index is 1.52. The number of likely N-dealkylation sites (tertiary alicyclic amines) is 1. The molecule has 124 valence electrons. The van der Waals surface area contributed by atoms with Gasteiger partial charge in [0.2, 0.25) is 0 Å². The van der Waals surface area contributed by atoms with E-state index in [-0.39, 0.29) is 5.82 Å². The molecule has 3 aromatic rings. The van der Waals surface area contributed by atoms with Gasteiger partial charge in [-0.2, -0.15) is 0 Å². The first-order valence-electron chi connectivity index (χ1n) is 8.10. The molecule has 4 rings (SSSR count). The monoisotopic (exact) mass is 326 g/mol. The molecule has 1 aliphatic rings. The molecular formula is C17H19FN6. The van der Waals surface area contributed by atoms with Crippen molar-refractivity contribution < 1.29 is 4.39 Å². The summed E-state index contributed by atoms with van der Waals surface area (Å²) in [4.78, 5) is 6.71. The topological polar surface area (TPSA) is 72.9 Å². The second-order valence-corrected chi connectivity index (χ2v) is 6.18. The molecule has 24 heavy (non-hydrogen) atoms. The lowest BCUT2D eigenvalue weighted by Gasteiger charge is -2.17. The van der Waals surface area contributed by atoms with Crippen LogP contribution in [-0.2, 0) is 13.1 Å². The molecule has 1 fully saturated rings. The Morgan fingerprint density at radius 1 is 1.29 bits per heavy atom. The minimum atomic E-state index is -0.224. The maximum atomic E-state index is 13.9. The fraction of sp³-hybridized carbons (Fsp3) is 0.353. The average molecular weight is 326 g/mol. The first-order valence-corrected chi connectivity index (χ1v) is 8.10. The molecule has 3 heterocycles. The minimum Gasteiger partial charge on any atom is -0.325 e. The highest BCUT2D eigenvalue weighted by Gasteiger charge is 2.25. The van der Waals surface area contributed by atoms with E-state index >= 15 is 0 Å². The van der Waals surface area contributed by atoms with Crippen molar-refractivity contribution in [1.82, 2.24) is 24.9 Å². The first-order chi connectivity index (χ1) is 11.7. The van der Waals surface area contributed by atoms with Gasteiger partial charge in [0.15, 0.2) is 0 Å².